The molecule has 1 fully saturated rings. The molecule has 0 spiro atoms. The normalized spacial score (nSPS) is 18.9. The Morgan fingerprint density at radius 3 is 2.41 bits per heavy atom. The second-order valence-corrected chi connectivity index (χ2v) is 7.86. The number of anilines is 1. The summed E-state index contributed by atoms with van der Waals surface area (Å²) in [6.07, 6.45) is 4.48. The summed E-state index contributed by atoms with van der Waals surface area (Å²) >= 11 is 0. The number of aromatic nitrogens is 1. The molecule has 29 heavy (non-hydrogen) atoms. The lowest BCUT2D eigenvalue weighted by Crippen LogP contribution is -2.46. The number of carbonyl (C=O) groups is 3. The van der Waals surface area contributed by atoms with Crippen molar-refractivity contribution in [2.45, 2.75) is 39.7 Å². The average molecular weight is 394 g/mol. The van der Waals surface area contributed by atoms with Crippen molar-refractivity contribution in [3.63, 3.8) is 0 Å². The highest BCUT2D eigenvalue weighted by Gasteiger charge is 2.34. The Hall–Kier alpha value is -3.22. The Morgan fingerprint density at radius 2 is 1.76 bits per heavy atom. The van der Waals surface area contributed by atoms with Crippen molar-refractivity contribution in [1.29, 1.82) is 0 Å². The van der Waals surface area contributed by atoms with Crippen LogP contribution in [0, 0.1) is 19.8 Å². The second kappa shape index (κ2) is 8.43. The molecule has 1 aromatic heterocycles. The van der Waals surface area contributed by atoms with Crippen molar-refractivity contribution < 1.29 is 14.4 Å². The van der Waals surface area contributed by atoms with E-state index in [1.54, 1.807) is 4.90 Å². The van der Waals surface area contributed by atoms with E-state index in [2.05, 4.69) is 35.4 Å². The van der Waals surface area contributed by atoms with Gasteiger partial charge in [0.25, 0.3) is 0 Å². The molecule has 1 aromatic carbocycles. The number of hydrogen-bond donors (Lipinski definition) is 2. The maximum absolute atomic E-state index is 13.0. The molecule has 1 saturated heterocycles. The van der Waals surface area contributed by atoms with Crippen molar-refractivity contribution in [2.24, 2.45) is 11.7 Å². The number of carbonyl (C=O) groups excluding carboxylic acids is 3. The van der Waals surface area contributed by atoms with Gasteiger partial charge in [-0.1, -0.05) is 36.2 Å². The minimum Gasteiger partial charge on any atom is -0.366 e. The van der Waals surface area contributed by atoms with Crippen LogP contribution in [0.4, 0.5) is 5.69 Å². The number of nitrogens with two attached hydrogens (primary N) is 1. The van der Waals surface area contributed by atoms with Crippen LogP contribution in [0.15, 0.2) is 36.7 Å². The molecule has 152 valence electrons. The molecule has 2 atom stereocenters. The quantitative estimate of drug-likeness (QED) is 0.781. The van der Waals surface area contributed by atoms with E-state index in [0.717, 1.165) is 29.5 Å². The van der Waals surface area contributed by atoms with Gasteiger partial charge in [0.1, 0.15) is 0 Å². The molecule has 7 nitrogen and oxygen atoms in total. The Kier molecular flexibility index (Phi) is 5.96. The van der Waals surface area contributed by atoms with Crippen LogP contribution >= 0.6 is 0 Å². The molecule has 1 aliphatic heterocycles. The fourth-order valence-corrected chi connectivity index (χ4v) is 3.88. The predicted octanol–water partition coefficient (Wildman–Crippen LogP) is 2.74. The molecule has 1 aliphatic rings. The molecule has 0 aliphatic carbocycles. The maximum atomic E-state index is 13.0. The third kappa shape index (κ3) is 4.80. The van der Waals surface area contributed by atoms with Gasteiger partial charge in [0.15, 0.2) is 0 Å². The number of amides is 3. The smallest absolute Gasteiger partial charge is 0.313 e. The number of piperidine rings is 1. The minimum atomic E-state index is -0.753. The van der Waals surface area contributed by atoms with Gasteiger partial charge in [0, 0.05) is 12.7 Å². The number of benzene rings is 1. The van der Waals surface area contributed by atoms with Gasteiger partial charge < -0.3 is 16.0 Å². The van der Waals surface area contributed by atoms with Crippen molar-refractivity contribution in [1.82, 2.24) is 9.88 Å². The van der Waals surface area contributed by atoms with Crippen molar-refractivity contribution >= 4 is 23.4 Å². The van der Waals surface area contributed by atoms with Gasteiger partial charge in [-0.3, -0.25) is 19.4 Å². The molecule has 7 heteroatoms. The zero-order chi connectivity index (χ0) is 21.1. The molecule has 0 radical (unpaired) electrons. The van der Waals surface area contributed by atoms with Crippen LogP contribution in [0.2, 0.25) is 0 Å². The fraction of sp³-hybridized carbons (Fsp3) is 0.364. The summed E-state index contributed by atoms with van der Waals surface area (Å²) in [7, 11) is 0. The van der Waals surface area contributed by atoms with Crippen LogP contribution in [0.3, 0.4) is 0 Å². The number of primary amides is 1. The van der Waals surface area contributed by atoms with E-state index in [0.29, 0.717) is 12.5 Å². The minimum absolute atomic E-state index is 0.141. The highest BCUT2D eigenvalue weighted by molar-refractivity contribution is 6.39. The Morgan fingerprint density at radius 1 is 1.07 bits per heavy atom. The lowest BCUT2D eigenvalue weighted by molar-refractivity contribution is -0.146. The summed E-state index contributed by atoms with van der Waals surface area (Å²) in [4.78, 5) is 42.5. The average Bonchev–Trinajstić information content (AvgIpc) is 2.66. The first-order valence-electron chi connectivity index (χ1n) is 9.69. The number of pyridine rings is 1. The summed E-state index contributed by atoms with van der Waals surface area (Å²) in [5, 5.41) is 2.54. The highest BCUT2D eigenvalue weighted by Crippen LogP contribution is 2.34. The summed E-state index contributed by atoms with van der Waals surface area (Å²) in [6, 6.07) is 7.50. The Labute approximate surface area is 170 Å². The van der Waals surface area contributed by atoms with Crippen LogP contribution < -0.4 is 11.1 Å². The van der Waals surface area contributed by atoms with Crippen LogP contribution in [0.5, 0.6) is 0 Å². The number of rotatable bonds is 3. The van der Waals surface area contributed by atoms with E-state index in [9.17, 15) is 14.4 Å². The number of likely N-dealkylation sites (tertiary alicyclic amines) is 1. The SMILES string of the molecule is Cc1cc(C)cc([C@H]2CC[C@H](C)CN2C(=O)C(=O)Nc2cncc(C(N)=O)c2)c1. The van der Waals surface area contributed by atoms with Gasteiger partial charge in [-0.15, -0.1) is 0 Å². The molecule has 0 bridgehead atoms. The predicted molar refractivity (Wildman–Crippen MR) is 110 cm³/mol. The van der Waals surface area contributed by atoms with E-state index >= 15 is 0 Å². The molecule has 3 N–H and O–H groups in total. The molecule has 3 rings (SSSR count). The number of hydrogen-bond acceptors (Lipinski definition) is 4. The molecule has 2 heterocycles. The zero-order valence-electron chi connectivity index (χ0n) is 16.9. The van der Waals surface area contributed by atoms with Crippen LogP contribution in [0.25, 0.3) is 0 Å². The van der Waals surface area contributed by atoms with Crippen LogP contribution in [-0.2, 0) is 9.59 Å². The molecule has 0 unspecified atom stereocenters. The monoisotopic (exact) mass is 394 g/mol. The fourth-order valence-electron chi connectivity index (χ4n) is 3.88. The topological polar surface area (TPSA) is 105 Å². The number of nitrogens with one attached hydrogen (secondary N) is 1. The molecule has 3 amide bonds. The third-order valence-corrected chi connectivity index (χ3v) is 5.18. The first kappa shape index (κ1) is 20.5. The Balaban J connectivity index is 1.83. The zero-order valence-corrected chi connectivity index (χ0v) is 16.9. The van der Waals surface area contributed by atoms with Crippen molar-refractivity contribution in [3.05, 3.63) is 58.9 Å². The largest absolute Gasteiger partial charge is 0.366 e. The van der Waals surface area contributed by atoms with E-state index < -0.39 is 17.7 Å². The van der Waals surface area contributed by atoms with Gasteiger partial charge in [-0.05, 0) is 44.2 Å². The molecule has 0 saturated carbocycles. The van der Waals surface area contributed by atoms with E-state index in [1.807, 2.05) is 13.8 Å². The first-order chi connectivity index (χ1) is 13.7. The summed E-state index contributed by atoms with van der Waals surface area (Å²) in [5.74, 6) is -1.68. The van der Waals surface area contributed by atoms with Gasteiger partial charge in [0.05, 0.1) is 23.5 Å². The number of aryl methyl sites for hydroxylation is 2. The van der Waals surface area contributed by atoms with Gasteiger partial charge >= 0.3 is 11.8 Å². The summed E-state index contributed by atoms with van der Waals surface area (Å²) in [6.45, 7) is 6.65. The van der Waals surface area contributed by atoms with Crippen molar-refractivity contribution in [2.75, 3.05) is 11.9 Å². The lowest BCUT2D eigenvalue weighted by Gasteiger charge is -2.38. The third-order valence-electron chi connectivity index (χ3n) is 5.18. The van der Waals surface area contributed by atoms with Gasteiger partial charge in [-0.2, -0.15) is 0 Å². The molecular weight excluding hydrogens is 368 g/mol. The van der Waals surface area contributed by atoms with Crippen LogP contribution in [-0.4, -0.2) is 34.2 Å². The standard InChI is InChI=1S/C22H26N4O3/c1-13-4-5-19(16-7-14(2)6-15(3)8-16)26(12-13)22(29)21(28)25-18-9-17(20(23)27)10-24-11-18/h6-11,13,19H,4-5,12H2,1-3H3,(H2,23,27)(H,25,28)/t13-,19+/m0/s1. The summed E-state index contributed by atoms with van der Waals surface area (Å²) < 4.78 is 0. The first-order valence-corrected chi connectivity index (χ1v) is 9.69. The lowest BCUT2D eigenvalue weighted by atomic mass is 9.88. The van der Waals surface area contributed by atoms with E-state index in [4.69, 9.17) is 5.73 Å². The Bertz CT molecular complexity index is 937. The van der Waals surface area contributed by atoms with E-state index in [1.165, 1.54) is 18.5 Å². The van der Waals surface area contributed by atoms with Crippen molar-refractivity contribution in [3.8, 4) is 0 Å². The van der Waals surface area contributed by atoms with E-state index in [-0.39, 0.29) is 17.3 Å². The van der Waals surface area contributed by atoms with Gasteiger partial charge in [-0.25, -0.2) is 0 Å². The van der Waals surface area contributed by atoms with Crippen LogP contribution in [0.1, 0.15) is 52.9 Å². The number of nitrogens with zero attached hydrogens (tertiary/aromatic N) is 2. The van der Waals surface area contributed by atoms with Gasteiger partial charge in [0.2, 0.25) is 5.91 Å². The summed E-state index contributed by atoms with van der Waals surface area (Å²) in [5.41, 5.74) is 8.97. The molecular formula is C22H26N4O3. The second-order valence-electron chi connectivity index (χ2n) is 7.86. The highest BCUT2D eigenvalue weighted by atomic mass is 16.2. The maximum Gasteiger partial charge on any atom is 0.313 e. The molecule has 2 aromatic rings.